The van der Waals surface area contributed by atoms with E-state index in [2.05, 4.69) is 29.4 Å². The number of hydrogen-bond acceptors (Lipinski definition) is 2. The van der Waals surface area contributed by atoms with E-state index in [1.54, 1.807) is 5.57 Å². The number of carbonyl (C=O) groups excluding carboxylic acids is 1. The van der Waals surface area contributed by atoms with Crippen LogP contribution in [0.4, 0.5) is 0 Å². The molecular formula is C16H24N2O. The zero-order valence-corrected chi connectivity index (χ0v) is 11.8. The Labute approximate surface area is 115 Å². The summed E-state index contributed by atoms with van der Waals surface area (Å²) in [5.41, 5.74) is 2.99. The SMILES string of the molecule is CN1CCCC1C(=O)NC1CCCC2=C1C=CCC2. The van der Waals surface area contributed by atoms with Crippen molar-refractivity contribution < 1.29 is 4.79 Å². The summed E-state index contributed by atoms with van der Waals surface area (Å²) in [6.07, 6.45) is 12.6. The van der Waals surface area contributed by atoms with Crippen LogP contribution in [-0.4, -0.2) is 36.5 Å². The van der Waals surface area contributed by atoms with Gasteiger partial charge in [0.2, 0.25) is 5.91 Å². The standard InChI is InChI=1S/C16H24N2O/c1-18-11-5-10-15(18)16(19)17-14-9-4-7-12-6-2-3-8-13(12)14/h3,8,14-15H,2,4-7,9-11H2,1H3,(H,17,19). The zero-order valence-electron chi connectivity index (χ0n) is 11.8. The Hall–Kier alpha value is -1.09. The molecule has 2 aliphatic carbocycles. The average Bonchev–Trinajstić information content (AvgIpc) is 2.85. The number of amides is 1. The van der Waals surface area contributed by atoms with Crippen LogP contribution in [0, 0.1) is 0 Å². The van der Waals surface area contributed by atoms with Crippen LogP contribution in [-0.2, 0) is 4.79 Å². The molecule has 2 atom stereocenters. The highest BCUT2D eigenvalue weighted by atomic mass is 16.2. The molecule has 0 aromatic heterocycles. The fourth-order valence-electron chi connectivity index (χ4n) is 3.70. The second kappa shape index (κ2) is 5.49. The lowest BCUT2D eigenvalue weighted by molar-refractivity contribution is -0.125. The van der Waals surface area contributed by atoms with Crippen LogP contribution < -0.4 is 5.32 Å². The predicted molar refractivity (Wildman–Crippen MR) is 76.8 cm³/mol. The lowest BCUT2D eigenvalue weighted by atomic mass is 9.82. The van der Waals surface area contributed by atoms with Crippen LogP contribution in [0.25, 0.3) is 0 Å². The van der Waals surface area contributed by atoms with Gasteiger partial charge in [-0.25, -0.2) is 0 Å². The Morgan fingerprint density at radius 2 is 2.21 bits per heavy atom. The Morgan fingerprint density at radius 3 is 3.00 bits per heavy atom. The van der Waals surface area contributed by atoms with E-state index < -0.39 is 0 Å². The smallest absolute Gasteiger partial charge is 0.237 e. The largest absolute Gasteiger partial charge is 0.348 e. The van der Waals surface area contributed by atoms with E-state index >= 15 is 0 Å². The lowest BCUT2D eigenvalue weighted by Gasteiger charge is -2.31. The molecule has 0 bridgehead atoms. The van der Waals surface area contributed by atoms with Gasteiger partial charge in [0.05, 0.1) is 12.1 Å². The van der Waals surface area contributed by atoms with Crippen molar-refractivity contribution in [2.24, 2.45) is 0 Å². The molecule has 104 valence electrons. The molecule has 3 aliphatic rings. The molecule has 1 heterocycles. The van der Waals surface area contributed by atoms with E-state index in [9.17, 15) is 4.79 Å². The van der Waals surface area contributed by atoms with Gasteiger partial charge in [0.15, 0.2) is 0 Å². The molecule has 1 aliphatic heterocycles. The van der Waals surface area contributed by atoms with Crippen LogP contribution in [0.1, 0.15) is 44.9 Å². The molecule has 3 nitrogen and oxygen atoms in total. The Bertz CT molecular complexity index is 424. The Balaban J connectivity index is 1.69. The first kappa shape index (κ1) is 12.9. The average molecular weight is 260 g/mol. The van der Waals surface area contributed by atoms with Gasteiger partial charge in [-0.15, -0.1) is 0 Å². The van der Waals surface area contributed by atoms with Gasteiger partial charge in [0.25, 0.3) is 0 Å². The van der Waals surface area contributed by atoms with Crippen LogP contribution in [0.2, 0.25) is 0 Å². The monoisotopic (exact) mass is 260 g/mol. The first-order valence-corrected chi connectivity index (χ1v) is 7.65. The first-order valence-electron chi connectivity index (χ1n) is 7.65. The molecule has 1 saturated heterocycles. The maximum Gasteiger partial charge on any atom is 0.237 e. The highest BCUT2D eigenvalue weighted by Gasteiger charge is 2.31. The van der Waals surface area contributed by atoms with Crippen LogP contribution >= 0.6 is 0 Å². The second-order valence-corrected chi connectivity index (χ2v) is 6.09. The molecule has 0 radical (unpaired) electrons. The normalized spacial score (nSPS) is 31.4. The Kier molecular flexibility index (Phi) is 3.74. The number of rotatable bonds is 2. The number of nitrogens with one attached hydrogen (secondary N) is 1. The van der Waals surface area contributed by atoms with Crippen molar-refractivity contribution in [1.29, 1.82) is 0 Å². The zero-order chi connectivity index (χ0) is 13.2. The summed E-state index contributed by atoms with van der Waals surface area (Å²) in [7, 11) is 2.06. The van der Waals surface area contributed by atoms with Crippen molar-refractivity contribution in [3.8, 4) is 0 Å². The van der Waals surface area contributed by atoms with Gasteiger partial charge in [-0.3, -0.25) is 9.69 Å². The van der Waals surface area contributed by atoms with Crippen LogP contribution in [0.15, 0.2) is 23.3 Å². The van der Waals surface area contributed by atoms with Gasteiger partial charge >= 0.3 is 0 Å². The topological polar surface area (TPSA) is 32.3 Å². The van der Waals surface area contributed by atoms with Gasteiger partial charge in [-0.1, -0.05) is 17.7 Å². The van der Waals surface area contributed by atoms with Crippen molar-refractivity contribution in [2.75, 3.05) is 13.6 Å². The first-order chi connectivity index (χ1) is 9.25. The number of carbonyl (C=O) groups is 1. The molecule has 0 spiro atoms. The van der Waals surface area contributed by atoms with E-state index in [-0.39, 0.29) is 18.0 Å². The highest BCUT2D eigenvalue weighted by molar-refractivity contribution is 5.82. The number of nitrogens with zero attached hydrogens (tertiary/aromatic N) is 1. The lowest BCUT2D eigenvalue weighted by Crippen LogP contribution is -2.47. The maximum absolute atomic E-state index is 12.4. The van der Waals surface area contributed by atoms with Crippen molar-refractivity contribution in [3.05, 3.63) is 23.3 Å². The number of likely N-dealkylation sites (N-methyl/N-ethyl adjacent to an activating group) is 1. The molecular weight excluding hydrogens is 236 g/mol. The quantitative estimate of drug-likeness (QED) is 0.827. The van der Waals surface area contributed by atoms with Crippen LogP contribution in [0.3, 0.4) is 0 Å². The van der Waals surface area contributed by atoms with Gasteiger partial charge in [-0.2, -0.15) is 0 Å². The fourth-order valence-corrected chi connectivity index (χ4v) is 3.70. The summed E-state index contributed by atoms with van der Waals surface area (Å²) in [4.78, 5) is 14.6. The van der Waals surface area contributed by atoms with Gasteiger partial charge in [-0.05, 0) is 64.1 Å². The van der Waals surface area contributed by atoms with E-state index in [1.807, 2.05) is 0 Å². The molecule has 19 heavy (non-hydrogen) atoms. The van der Waals surface area contributed by atoms with E-state index in [0.29, 0.717) is 0 Å². The van der Waals surface area contributed by atoms with Gasteiger partial charge in [0.1, 0.15) is 0 Å². The summed E-state index contributed by atoms with van der Waals surface area (Å²) in [5.74, 6) is 0.234. The van der Waals surface area contributed by atoms with Crippen molar-refractivity contribution in [3.63, 3.8) is 0 Å². The number of hydrogen-bond donors (Lipinski definition) is 1. The molecule has 0 saturated carbocycles. The molecule has 2 unspecified atom stereocenters. The molecule has 3 heteroatoms. The minimum Gasteiger partial charge on any atom is -0.348 e. The summed E-state index contributed by atoms with van der Waals surface area (Å²) in [5, 5.41) is 3.30. The number of likely N-dealkylation sites (tertiary alicyclic amines) is 1. The van der Waals surface area contributed by atoms with E-state index in [4.69, 9.17) is 0 Å². The molecule has 3 rings (SSSR count). The predicted octanol–water partition coefficient (Wildman–Crippen LogP) is 2.40. The summed E-state index contributed by atoms with van der Waals surface area (Å²) in [6.45, 7) is 1.05. The number of allylic oxidation sites excluding steroid dienone is 2. The fraction of sp³-hybridized carbons (Fsp3) is 0.688. The van der Waals surface area contributed by atoms with Gasteiger partial charge < -0.3 is 5.32 Å². The van der Waals surface area contributed by atoms with E-state index in [0.717, 1.165) is 25.8 Å². The summed E-state index contributed by atoms with van der Waals surface area (Å²) < 4.78 is 0. The third-order valence-corrected chi connectivity index (χ3v) is 4.80. The van der Waals surface area contributed by atoms with E-state index in [1.165, 1.54) is 31.3 Å². The minimum atomic E-state index is 0.0959. The third-order valence-electron chi connectivity index (χ3n) is 4.80. The van der Waals surface area contributed by atoms with Crippen LogP contribution in [0.5, 0.6) is 0 Å². The minimum absolute atomic E-state index is 0.0959. The maximum atomic E-state index is 12.4. The Morgan fingerprint density at radius 1 is 1.32 bits per heavy atom. The summed E-state index contributed by atoms with van der Waals surface area (Å²) >= 11 is 0. The molecule has 0 aromatic carbocycles. The van der Waals surface area contributed by atoms with Crippen molar-refractivity contribution >= 4 is 5.91 Å². The molecule has 1 N–H and O–H groups in total. The molecule has 0 aromatic rings. The molecule has 1 amide bonds. The third kappa shape index (κ3) is 2.62. The van der Waals surface area contributed by atoms with Crippen molar-refractivity contribution in [1.82, 2.24) is 10.2 Å². The van der Waals surface area contributed by atoms with Gasteiger partial charge in [0, 0.05) is 0 Å². The molecule has 1 fully saturated rings. The van der Waals surface area contributed by atoms with Crippen molar-refractivity contribution in [2.45, 2.75) is 57.0 Å². The highest BCUT2D eigenvalue weighted by Crippen LogP contribution is 2.32. The summed E-state index contributed by atoms with van der Waals surface area (Å²) in [6, 6.07) is 0.361. The second-order valence-electron chi connectivity index (χ2n) is 6.09.